The van der Waals surface area contributed by atoms with Gasteiger partial charge in [-0.15, -0.1) is 11.8 Å². The summed E-state index contributed by atoms with van der Waals surface area (Å²) in [6.07, 6.45) is 0. The van der Waals surface area contributed by atoms with Crippen LogP contribution in [0.1, 0.15) is 10.4 Å². The van der Waals surface area contributed by atoms with Crippen LogP contribution in [0.3, 0.4) is 0 Å². The molecule has 0 unspecified atom stereocenters. The Labute approximate surface area is 108 Å². The lowest BCUT2D eigenvalue weighted by Crippen LogP contribution is -2.42. The van der Waals surface area contributed by atoms with E-state index in [0.717, 1.165) is 11.8 Å². The summed E-state index contributed by atoms with van der Waals surface area (Å²) in [7, 11) is 0. The molecule has 0 aromatic heterocycles. The normalized spacial score (nSPS) is 9.56. The molecule has 2 amide bonds. The van der Waals surface area contributed by atoms with Gasteiger partial charge in [-0.2, -0.15) is 0 Å². The fourth-order valence-corrected chi connectivity index (χ4v) is 1.59. The van der Waals surface area contributed by atoms with Crippen LogP contribution in [0.15, 0.2) is 30.3 Å². The van der Waals surface area contributed by atoms with Gasteiger partial charge in [0.05, 0.1) is 11.5 Å². The molecule has 0 aliphatic carbocycles. The van der Waals surface area contributed by atoms with Crippen LogP contribution in [-0.4, -0.2) is 34.4 Å². The molecule has 0 fully saturated rings. The maximum absolute atomic E-state index is 11.5. The number of thioether (sulfide) groups is 1. The van der Waals surface area contributed by atoms with Gasteiger partial charge in [0.2, 0.25) is 5.91 Å². The number of hydrogen-bond donors (Lipinski definition) is 3. The maximum atomic E-state index is 11.5. The van der Waals surface area contributed by atoms with Crippen molar-refractivity contribution in [3.8, 4) is 0 Å². The summed E-state index contributed by atoms with van der Waals surface area (Å²) in [5.41, 5.74) is 4.87. The Morgan fingerprint density at radius 1 is 1.06 bits per heavy atom. The van der Waals surface area contributed by atoms with Crippen molar-refractivity contribution in [3.05, 3.63) is 35.9 Å². The zero-order valence-corrected chi connectivity index (χ0v) is 10.2. The number of rotatable bonds is 5. The smallest absolute Gasteiger partial charge is 0.313 e. The highest BCUT2D eigenvalue weighted by Crippen LogP contribution is 1.98. The number of hydrogen-bond acceptors (Lipinski definition) is 4. The molecule has 0 spiro atoms. The van der Waals surface area contributed by atoms with Gasteiger partial charge in [-0.1, -0.05) is 18.2 Å². The highest BCUT2D eigenvalue weighted by atomic mass is 32.2. The Balaban J connectivity index is 2.26. The fraction of sp³-hybridized carbons (Fsp3) is 0.182. The second-order valence-electron chi connectivity index (χ2n) is 3.25. The summed E-state index contributed by atoms with van der Waals surface area (Å²) in [6.45, 7) is 0. The largest absolute Gasteiger partial charge is 0.481 e. The quantitative estimate of drug-likeness (QED) is 0.666. The first-order chi connectivity index (χ1) is 8.59. The van der Waals surface area contributed by atoms with E-state index in [1.807, 2.05) is 0 Å². The van der Waals surface area contributed by atoms with E-state index < -0.39 is 17.8 Å². The molecule has 6 nitrogen and oxygen atoms in total. The van der Waals surface area contributed by atoms with E-state index in [4.69, 9.17) is 5.11 Å². The van der Waals surface area contributed by atoms with Crippen LogP contribution in [0.25, 0.3) is 0 Å². The topological polar surface area (TPSA) is 95.5 Å². The van der Waals surface area contributed by atoms with E-state index in [-0.39, 0.29) is 11.5 Å². The zero-order chi connectivity index (χ0) is 13.4. The number of nitrogens with one attached hydrogen (secondary N) is 2. The Morgan fingerprint density at radius 2 is 1.72 bits per heavy atom. The Bertz CT molecular complexity index is 436. The van der Waals surface area contributed by atoms with Crippen LogP contribution in [0, 0.1) is 0 Å². The molecule has 0 aliphatic heterocycles. The molecule has 0 saturated heterocycles. The predicted octanol–water partition coefficient (Wildman–Crippen LogP) is 0.265. The van der Waals surface area contributed by atoms with Crippen molar-refractivity contribution >= 4 is 29.5 Å². The number of aliphatic carboxylic acids is 1. The monoisotopic (exact) mass is 268 g/mol. The molecule has 0 aliphatic rings. The summed E-state index contributed by atoms with van der Waals surface area (Å²) in [5, 5.41) is 8.37. The lowest BCUT2D eigenvalue weighted by Gasteiger charge is -2.06. The van der Waals surface area contributed by atoms with E-state index >= 15 is 0 Å². The van der Waals surface area contributed by atoms with Gasteiger partial charge in [-0.05, 0) is 12.1 Å². The lowest BCUT2D eigenvalue weighted by molar-refractivity contribution is -0.133. The highest BCUT2D eigenvalue weighted by Gasteiger charge is 2.07. The molecule has 1 aromatic rings. The first kappa shape index (κ1) is 14.0. The van der Waals surface area contributed by atoms with Crippen LogP contribution in [-0.2, 0) is 9.59 Å². The van der Waals surface area contributed by atoms with Crippen molar-refractivity contribution in [2.45, 2.75) is 0 Å². The van der Waals surface area contributed by atoms with E-state index in [1.165, 1.54) is 0 Å². The second-order valence-corrected chi connectivity index (χ2v) is 4.24. The minimum Gasteiger partial charge on any atom is -0.481 e. The molecule has 0 bridgehead atoms. The highest BCUT2D eigenvalue weighted by molar-refractivity contribution is 8.00. The van der Waals surface area contributed by atoms with E-state index in [1.54, 1.807) is 30.3 Å². The summed E-state index contributed by atoms with van der Waals surface area (Å²) >= 11 is 0.954. The van der Waals surface area contributed by atoms with Crippen LogP contribution in [0.5, 0.6) is 0 Å². The third-order valence-electron chi connectivity index (χ3n) is 1.81. The Morgan fingerprint density at radius 3 is 2.33 bits per heavy atom. The van der Waals surface area contributed by atoms with Crippen LogP contribution in [0.4, 0.5) is 0 Å². The summed E-state index contributed by atoms with van der Waals surface area (Å²) in [5.74, 6) is -2.04. The van der Waals surface area contributed by atoms with Gasteiger partial charge in [0, 0.05) is 5.56 Å². The SMILES string of the molecule is O=C(O)CSCC(=O)NNC(=O)c1ccccc1. The Hall–Kier alpha value is -2.02. The number of carbonyl (C=O) groups excluding carboxylic acids is 2. The molecule has 18 heavy (non-hydrogen) atoms. The van der Waals surface area contributed by atoms with E-state index in [9.17, 15) is 14.4 Å². The van der Waals surface area contributed by atoms with Crippen molar-refractivity contribution in [2.75, 3.05) is 11.5 Å². The van der Waals surface area contributed by atoms with Crippen molar-refractivity contribution in [1.29, 1.82) is 0 Å². The molecule has 1 rings (SSSR count). The Kier molecular flexibility index (Phi) is 5.72. The van der Waals surface area contributed by atoms with Gasteiger partial charge in [0.1, 0.15) is 0 Å². The van der Waals surface area contributed by atoms with Gasteiger partial charge in [-0.3, -0.25) is 25.2 Å². The van der Waals surface area contributed by atoms with Crippen molar-refractivity contribution in [1.82, 2.24) is 10.9 Å². The molecule has 0 saturated carbocycles. The number of benzene rings is 1. The minimum absolute atomic E-state index is 0.0264. The second kappa shape index (κ2) is 7.33. The van der Waals surface area contributed by atoms with Gasteiger partial charge >= 0.3 is 5.97 Å². The molecule has 0 atom stereocenters. The summed E-state index contributed by atoms with van der Waals surface area (Å²) < 4.78 is 0. The standard InChI is InChI=1S/C11H12N2O4S/c14-9(6-18-7-10(15)16)12-13-11(17)8-4-2-1-3-5-8/h1-5H,6-7H2,(H,12,14)(H,13,17)(H,15,16). The molecule has 1 aromatic carbocycles. The average Bonchev–Trinajstić information content (AvgIpc) is 2.36. The fourth-order valence-electron chi connectivity index (χ4n) is 1.06. The third kappa shape index (κ3) is 5.35. The van der Waals surface area contributed by atoms with Gasteiger partial charge in [0.25, 0.3) is 5.91 Å². The molecular weight excluding hydrogens is 256 g/mol. The van der Waals surface area contributed by atoms with Crippen molar-refractivity contribution in [2.24, 2.45) is 0 Å². The first-order valence-corrected chi connectivity index (χ1v) is 6.19. The summed E-state index contributed by atoms with van der Waals surface area (Å²) in [6, 6.07) is 8.41. The minimum atomic E-state index is -0.985. The lowest BCUT2D eigenvalue weighted by atomic mass is 10.2. The maximum Gasteiger partial charge on any atom is 0.313 e. The van der Waals surface area contributed by atoms with Gasteiger partial charge < -0.3 is 5.11 Å². The van der Waals surface area contributed by atoms with Gasteiger partial charge in [0.15, 0.2) is 0 Å². The molecule has 7 heteroatoms. The number of amides is 2. The summed E-state index contributed by atoms with van der Waals surface area (Å²) in [4.78, 5) is 32.9. The molecule has 96 valence electrons. The third-order valence-corrected chi connectivity index (χ3v) is 2.73. The number of hydrazine groups is 1. The van der Waals surface area contributed by atoms with Crippen LogP contribution >= 0.6 is 11.8 Å². The zero-order valence-electron chi connectivity index (χ0n) is 9.38. The molecule has 0 heterocycles. The van der Waals surface area contributed by atoms with Crippen LogP contribution < -0.4 is 10.9 Å². The molecule has 0 radical (unpaired) electrons. The number of carboxylic acids is 1. The number of carbonyl (C=O) groups is 3. The van der Waals surface area contributed by atoms with Crippen LogP contribution in [0.2, 0.25) is 0 Å². The van der Waals surface area contributed by atoms with E-state index in [2.05, 4.69) is 10.9 Å². The van der Waals surface area contributed by atoms with Gasteiger partial charge in [-0.25, -0.2) is 0 Å². The predicted molar refractivity (Wildman–Crippen MR) is 67.0 cm³/mol. The molecule has 3 N–H and O–H groups in total. The molecular formula is C11H12N2O4S. The van der Waals surface area contributed by atoms with Crippen molar-refractivity contribution < 1.29 is 19.5 Å². The van der Waals surface area contributed by atoms with Crippen molar-refractivity contribution in [3.63, 3.8) is 0 Å². The number of carboxylic acid groups (broad SMARTS) is 1. The average molecular weight is 268 g/mol. The van der Waals surface area contributed by atoms with E-state index in [0.29, 0.717) is 5.56 Å². The first-order valence-electron chi connectivity index (χ1n) is 5.03.